The van der Waals surface area contributed by atoms with Gasteiger partial charge in [0.2, 0.25) is 0 Å². The maximum Gasteiger partial charge on any atom is 0.407 e. The molecule has 0 bridgehead atoms. The Balaban J connectivity index is 2.35. The zero-order valence-corrected chi connectivity index (χ0v) is 22.5. The van der Waals surface area contributed by atoms with E-state index in [0.717, 1.165) is 9.98 Å². The summed E-state index contributed by atoms with van der Waals surface area (Å²) >= 11 is 0. The fraction of sp³-hybridized carbons (Fsp3) is 0.462. The largest absolute Gasteiger partial charge is 0.497 e. The van der Waals surface area contributed by atoms with Crippen LogP contribution in [0.1, 0.15) is 40.2 Å². The number of alkyl carbamates (subject to hydrolysis) is 1. The van der Waals surface area contributed by atoms with Crippen LogP contribution in [0, 0.1) is 5.92 Å². The van der Waals surface area contributed by atoms with Gasteiger partial charge in [0.25, 0.3) is 10.0 Å². The first-order valence-electron chi connectivity index (χ1n) is 11.7. The van der Waals surface area contributed by atoms with Crippen LogP contribution < -0.4 is 10.1 Å². The van der Waals surface area contributed by atoms with Crippen molar-refractivity contribution < 1.29 is 27.8 Å². The Morgan fingerprint density at radius 3 is 2.25 bits per heavy atom. The fourth-order valence-corrected chi connectivity index (χ4v) is 4.43. The number of carbonyl (C=O) groups excluding carboxylic acids is 1. The number of rotatable bonds is 11. The number of sulfonamides is 1. The highest BCUT2D eigenvalue weighted by Gasteiger charge is 2.31. The lowest BCUT2D eigenvalue weighted by atomic mass is 10.0. The van der Waals surface area contributed by atoms with Gasteiger partial charge in [0.15, 0.2) is 0 Å². The van der Waals surface area contributed by atoms with Crippen LogP contribution in [-0.2, 0) is 21.2 Å². The van der Waals surface area contributed by atoms with E-state index in [1.165, 1.54) is 37.6 Å². The molecule has 0 unspecified atom stereocenters. The van der Waals surface area contributed by atoms with E-state index < -0.39 is 33.9 Å². The lowest BCUT2D eigenvalue weighted by Gasteiger charge is -2.29. The summed E-state index contributed by atoms with van der Waals surface area (Å²) in [5.41, 5.74) is 0.116. The highest BCUT2D eigenvalue weighted by Crippen LogP contribution is 2.21. The Morgan fingerprint density at radius 2 is 1.72 bits per heavy atom. The summed E-state index contributed by atoms with van der Waals surface area (Å²) < 4.78 is 38.2. The summed E-state index contributed by atoms with van der Waals surface area (Å²) in [4.78, 5) is 12.5. The Morgan fingerprint density at radius 1 is 1.11 bits per heavy atom. The zero-order valence-electron chi connectivity index (χ0n) is 21.7. The van der Waals surface area contributed by atoms with Crippen molar-refractivity contribution >= 4 is 22.3 Å². The van der Waals surface area contributed by atoms with Crippen LogP contribution in [0.5, 0.6) is 5.75 Å². The molecule has 0 aromatic heterocycles. The molecule has 9 nitrogen and oxygen atoms in total. The van der Waals surface area contributed by atoms with E-state index in [2.05, 4.69) is 10.4 Å². The number of ether oxygens (including phenoxy) is 2. The van der Waals surface area contributed by atoms with Gasteiger partial charge in [-0.25, -0.2) is 4.79 Å². The minimum Gasteiger partial charge on any atom is -0.497 e. The van der Waals surface area contributed by atoms with E-state index in [9.17, 15) is 18.3 Å². The number of nitrogens with zero attached hydrogens (tertiary/aromatic N) is 2. The molecule has 1 amide bonds. The molecule has 10 heteroatoms. The first-order valence-corrected chi connectivity index (χ1v) is 13.2. The topological polar surface area (TPSA) is 118 Å². The molecule has 0 radical (unpaired) electrons. The van der Waals surface area contributed by atoms with Crippen LogP contribution in [0.25, 0.3) is 0 Å². The second-order valence-electron chi connectivity index (χ2n) is 9.70. The van der Waals surface area contributed by atoms with Crippen LogP contribution in [0.3, 0.4) is 0 Å². The highest BCUT2D eigenvalue weighted by molar-refractivity contribution is 7.89. The summed E-state index contributed by atoms with van der Waals surface area (Å²) in [5, 5.41) is 18.0. The van der Waals surface area contributed by atoms with Gasteiger partial charge in [-0.05, 0) is 62.9 Å². The van der Waals surface area contributed by atoms with Crippen molar-refractivity contribution in [3.63, 3.8) is 0 Å². The van der Waals surface area contributed by atoms with Crippen LogP contribution in [0.4, 0.5) is 4.79 Å². The third-order valence-corrected chi connectivity index (χ3v) is 6.60. The average molecular weight is 520 g/mol. The quantitative estimate of drug-likeness (QED) is 0.344. The molecular formula is C26H37N3O6S. The summed E-state index contributed by atoms with van der Waals surface area (Å²) in [6.07, 6.45) is -0.264. The molecule has 0 saturated heterocycles. The molecule has 2 N–H and O–H groups in total. The summed E-state index contributed by atoms with van der Waals surface area (Å²) in [6, 6.07) is 14.3. The SMILES string of the molecule is COc1ccc(S(=O)(=O)N(C[C@@H](O)[C@H](Cc2ccccc2)NC(=O)OC(C)(C)C)/N=C\C(C)C)cc1. The molecule has 36 heavy (non-hydrogen) atoms. The number of benzene rings is 2. The van der Waals surface area contributed by atoms with Crippen molar-refractivity contribution in [2.75, 3.05) is 13.7 Å². The van der Waals surface area contributed by atoms with Crippen LogP contribution in [0.2, 0.25) is 0 Å². The number of hydrogen-bond acceptors (Lipinski definition) is 7. The van der Waals surface area contributed by atoms with E-state index in [-0.39, 0.29) is 23.8 Å². The maximum absolute atomic E-state index is 13.4. The molecule has 0 aliphatic rings. The number of aliphatic hydroxyl groups excluding tert-OH is 1. The van der Waals surface area contributed by atoms with Gasteiger partial charge < -0.3 is 19.9 Å². The summed E-state index contributed by atoms with van der Waals surface area (Å²) in [6.45, 7) is 8.54. The molecular weight excluding hydrogens is 482 g/mol. The molecule has 0 saturated carbocycles. The van der Waals surface area contributed by atoms with Crippen molar-refractivity contribution in [1.29, 1.82) is 0 Å². The number of nitrogens with one attached hydrogen (secondary N) is 1. The molecule has 0 fully saturated rings. The fourth-order valence-electron chi connectivity index (χ4n) is 3.18. The number of carbonyl (C=O) groups is 1. The predicted octanol–water partition coefficient (Wildman–Crippen LogP) is 3.82. The van der Waals surface area contributed by atoms with Crippen molar-refractivity contribution in [3.8, 4) is 5.75 Å². The van der Waals surface area contributed by atoms with E-state index in [1.807, 2.05) is 44.2 Å². The monoisotopic (exact) mass is 519 g/mol. The van der Waals surface area contributed by atoms with Crippen LogP contribution in [-0.4, -0.2) is 61.6 Å². The van der Waals surface area contributed by atoms with Gasteiger partial charge in [-0.1, -0.05) is 44.2 Å². The third kappa shape index (κ3) is 9.16. The smallest absolute Gasteiger partial charge is 0.407 e. The van der Waals surface area contributed by atoms with E-state index in [0.29, 0.717) is 5.75 Å². The van der Waals surface area contributed by atoms with Crippen LogP contribution in [0.15, 0.2) is 64.6 Å². The van der Waals surface area contributed by atoms with E-state index >= 15 is 0 Å². The lowest BCUT2D eigenvalue weighted by Crippen LogP contribution is -2.50. The van der Waals surface area contributed by atoms with Crippen molar-refractivity contribution in [2.24, 2.45) is 11.0 Å². The predicted molar refractivity (Wildman–Crippen MR) is 140 cm³/mol. The second kappa shape index (κ2) is 12.7. The molecule has 2 atom stereocenters. The number of methoxy groups -OCH3 is 1. The van der Waals surface area contributed by atoms with E-state index in [4.69, 9.17) is 9.47 Å². The lowest BCUT2D eigenvalue weighted by molar-refractivity contribution is 0.0403. The van der Waals surface area contributed by atoms with Gasteiger partial charge in [-0.15, -0.1) is 0 Å². The summed E-state index contributed by atoms with van der Waals surface area (Å²) in [7, 11) is -2.61. The Kier molecular flexibility index (Phi) is 10.3. The molecule has 2 aromatic carbocycles. The van der Waals surface area contributed by atoms with Gasteiger partial charge in [0.05, 0.1) is 30.7 Å². The first-order chi connectivity index (χ1) is 16.8. The number of aliphatic hydroxyl groups is 1. The Bertz CT molecular complexity index is 1100. The first kappa shape index (κ1) is 29.1. The molecule has 2 aromatic rings. The van der Waals surface area contributed by atoms with Crippen LogP contribution >= 0.6 is 0 Å². The van der Waals surface area contributed by atoms with Gasteiger partial charge in [-0.3, -0.25) is 0 Å². The maximum atomic E-state index is 13.4. The highest BCUT2D eigenvalue weighted by atomic mass is 32.2. The van der Waals surface area contributed by atoms with Gasteiger partial charge in [0.1, 0.15) is 11.4 Å². The minimum atomic E-state index is -4.10. The minimum absolute atomic E-state index is 0.00360. The number of amides is 1. The summed E-state index contributed by atoms with van der Waals surface area (Å²) in [5.74, 6) is 0.478. The van der Waals surface area contributed by atoms with Crippen molar-refractivity contribution in [2.45, 2.75) is 63.7 Å². The third-order valence-electron chi connectivity index (χ3n) is 4.94. The second-order valence-corrected chi connectivity index (χ2v) is 11.5. The van der Waals surface area contributed by atoms with Gasteiger partial charge in [-0.2, -0.15) is 17.9 Å². The number of hydrogen-bond donors (Lipinski definition) is 2. The van der Waals surface area contributed by atoms with Gasteiger partial charge >= 0.3 is 6.09 Å². The number of hydrazone groups is 1. The molecule has 0 aliphatic heterocycles. The molecule has 0 aliphatic carbocycles. The van der Waals surface area contributed by atoms with Gasteiger partial charge in [0, 0.05) is 6.21 Å². The molecule has 2 rings (SSSR count). The van der Waals surface area contributed by atoms with Crippen molar-refractivity contribution in [1.82, 2.24) is 9.73 Å². The van der Waals surface area contributed by atoms with E-state index in [1.54, 1.807) is 20.8 Å². The normalized spacial score (nSPS) is 13.9. The Hall–Kier alpha value is -3.11. The zero-order chi connectivity index (χ0) is 26.9. The molecule has 198 valence electrons. The Labute approximate surface area is 214 Å². The molecule has 0 heterocycles. The van der Waals surface area contributed by atoms with Crippen molar-refractivity contribution in [3.05, 3.63) is 60.2 Å². The average Bonchev–Trinajstić information content (AvgIpc) is 2.80. The molecule has 0 spiro atoms. The standard InChI is InChI=1S/C26H37N3O6S/c1-19(2)17-27-29(36(32,33)22-14-12-21(34-6)13-15-22)18-24(30)23(16-20-10-8-7-9-11-20)28-25(31)35-26(3,4)5/h7-15,17,19,23-24,30H,16,18H2,1-6H3,(H,28,31)/b27-17-/t23-,24+/m0/s1.